The molecule has 4 rings (SSSR count). The van der Waals surface area contributed by atoms with E-state index < -0.39 is 5.67 Å². The summed E-state index contributed by atoms with van der Waals surface area (Å²) < 4.78 is 31.7. The molecule has 0 bridgehead atoms. The Morgan fingerprint density at radius 2 is 2.12 bits per heavy atom. The molecule has 1 aliphatic heterocycles. The zero-order valence-electron chi connectivity index (χ0n) is 14.6. The Morgan fingerprint density at radius 1 is 1.35 bits per heavy atom. The van der Waals surface area contributed by atoms with Crippen LogP contribution >= 0.6 is 0 Å². The number of rotatable bonds is 5. The van der Waals surface area contributed by atoms with Crippen LogP contribution in [0.2, 0.25) is 0 Å². The number of carbonyl (C=O) groups is 1. The Labute approximate surface area is 151 Å². The topological polar surface area (TPSA) is 60.9 Å². The first-order valence-corrected chi connectivity index (χ1v) is 9.25. The first-order chi connectivity index (χ1) is 12.5. The van der Waals surface area contributed by atoms with Crippen molar-refractivity contribution in [3.63, 3.8) is 0 Å². The molecule has 0 spiro atoms. The monoisotopic (exact) mass is 359 g/mol. The first-order valence-electron chi connectivity index (χ1n) is 9.25. The lowest BCUT2D eigenvalue weighted by Gasteiger charge is -2.34. The van der Waals surface area contributed by atoms with E-state index in [1.165, 1.54) is 6.07 Å². The number of carbonyl (C=O) groups excluding carboxylic acids is 1. The highest BCUT2D eigenvalue weighted by molar-refractivity contribution is 5.74. The number of fused-ring (bicyclic) bond motifs is 3. The maximum atomic E-state index is 15.3. The predicted octanol–water partition coefficient (Wildman–Crippen LogP) is 4.15. The second-order valence-corrected chi connectivity index (χ2v) is 7.71. The second-order valence-electron chi connectivity index (χ2n) is 7.71. The van der Waals surface area contributed by atoms with Crippen LogP contribution in [0.15, 0.2) is 30.7 Å². The molecular formula is C20H23F2N3O. The van der Waals surface area contributed by atoms with Crippen LogP contribution in [0, 0.1) is 11.7 Å². The summed E-state index contributed by atoms with van der Waals surface area (Å²) >= 11 is 0. The molecule has 1 aliphatic carbocycles. The number of nitrogens with zero attached hydrogens (tertiary/aromatic N) is 2. The Kier molecular flexibility index (Phi) is 4.29. The van der Waals surface area contributed by atoms with Gasteiger partial charge in [0.2, 0.25) is 5.91 Å². The molecule has 0 saturated heterocycles. The molecule has 1 aromatic heterocycles. The number of alkyl halides is 1. The summed E-state index contributed by atoms with van der Waals surface area (Å²) in [5.41, 5.74) is 6.40. The molecule has 4 nitrogen and oxygen atoms in total. The summed E-state index contributed by atoms with van der Waals surface area (Å²) in [6, 6.07) is 4.85. The molecule has 1 fully saturated rings. The molecule has 1 saturated carbocycles. The van der Waals surface area contributed by atoms with Crippen molar-refractivity contribution < 1.29 is 13.6 Å². The number of hydrogen-bond acceptors (Lipinski definition) is 2. The average molecular weight is 359 g/mol. The van der Waals surface area contributed by atoms with E-state index in [9.17, 15) is 9.18 Å². The Bertz CT molecular complexity index is 824. The summed E-state index contributed by atoms with van der Waals surface area (Å²) in [6.45, 7) is 0. The van der Waals surface area contributed by atoms with Gasteiger partial charge >= 0.3 is 0 Å². The fraction of sp³-hybridized carbons (Fsp3) is 0.500. The fourth-order valence-corrected chi connectivity index (χ4v) is 4.61. The lowest BCUT2D eigenvalue weighted by molar-refractivity contribution is -0.119. The first kappa shape index (κ1) is 17.2. The highest BCUT2D eigenvalue weighted by Crippen LogP contribution is 2.46. The lowest BCUT2D eigenvalue weighted by Crippen LogP contribution is -2.32. The molecule has 6 heteroatoms. The molecular weight excluding hydrogens is 336 g/mol. The van der Waals surface area contributed by atoms with Gasteiger partial charge in [-0.05, 0) is 50.5 Å². The largest absolute Gasteiger partial charge is 0.370 e. The molecule has 1 atom stereocenters. The predicted molar refractivity (Wildman–Crippen MR) is 94.6 cm³/mol. The van der Waals surface area contributed by atoms with Crippen molar-refractivity contribution in [3.05, 3.63) is 42.1 Å². The number of nitrogens with two attached hydrogens (primary N) is 1. The highest BCUT2D eigenvalue weighted by Gasteiger charge is 2.38. The highest BCUT2D eigenvalue weighted by atomic mass is 19.1. The Balaban J connectivity index is 1.47. The molecule has 0 radical (unpaired) electrons. The van der Waals surface area contributed by atoms with Crippen LogP contribution in [0.25, 0.3) is 11.3 Å². The number of imidazole rings is 1. The van der Waals surface area contributed by atoms with Crippen LogP contribution in [0.1, 0.15) is 56.6 Å². The standard InChI is InChI=1S/C20H23F2N3O/c21-15-3-1-2-14-17-11-24-12-25(17)16(19(14)15)6-9-20(22)7-4-13(5-8-20)10-18(23)26/h1-3,11-13,16H,4-10H2,(H2,23,26)/t13?,16-,20?/m0/s1. The van der Waals surface area contributed by atoms with Gasteiger partial charge in [0, 0.05) is 17.5 Å². The van der Waals surface area contributed by atoms with E-state index in [-0.39, 0.29) is 23.7 Å². The quantitative estimate of drug-likeness (QED) is 0.872. The molecule has 1 amide bonds. The third-order valence-electron chi connectivity index (χ3n) is 6.02. The number of hydrogen-bond donors (Lipinski definition) is 1. The van der Waals surface area contributed by atoms with E-state index in [4.69, 9.17) is 5.73 Å². The zero-order valence-corrected chi connectivity index (χ0v) is 14.6. The van der Waals surface area contributed by atoms with Gasteiger partial charge in [0.25, 0.3) is 0 Å². The second kappa shape index (κ2) is 6.49. The number of halogens is 2. The van der Waals surface area contributed by atoms with Crippen molar-refractivity contribution in [1.29, 1.82) is 0 Å². The molecule has 2 N–H and O–H groups in total. The minimum Gasteiger partial charge on any atom is -0.370 e. The van der Waals surface area contributed by atoms with E-state index in [1.54, 1.807) is 18.6 Å². The van der Waals surface area contributed by atoms with Gasteiger partial charge in [-0.15, -0.1) is 0 Å². The molecule has 26 heavy (non-hydrogen) atoms. The van der Waals surface area contributed by atoms with Gasteiger partial charge in [-0.1, -0.05) is 12.1 Å². The molecule has 2 aromatic rings. The zero-order chi connectivity index (χ0) is 18.3. The van der Waals surface area contributed by atoms with E-state index in [0.717, 1.165) is 11.3 Å². The van der Waals surface area contributed by atoms with Crippen molar-refractivity contribution >= 4 is 5.91 Å². The Morgan fingerprint density at radius 3 is 2.85 bits per heavy atom. The fourth-order valence-electron chi connectivity index (χ4n) is 4.61. The van der Waals surface area contributed by atoms with Crippen molar-refractivity contribution in [2.45, 2.75) is 56.7 Å². The SMILES string of the molecule is NC(=O)CC1CCC(F)(CC[C@H]2c3c(F)cccc3-c3cncn32)CC1. The van der Waals surface area contributed by atoms with Crippen molar-refractivity contribution in [2.75, 3.05) is 0 Å². The summed E-state index contributed by atoms with van der Waals surface area (Å²) in [4.78, 5) is 15.2. The van der Waals surface area contributed by atoms with Gasteiger partial charge in [-0.25, -0.2) is 13.8 Å². The minimum absolute atomic E-state index is 0.196. The van der Waals surface area contributed by atoms with E-state index >= 15 is 4.39 Å². The van der Waals surface area contributed by atoms with E-state index in [2.05, 4.69) is 4.98 Å². The van der Waals surface area contributed by atoms with Crippen LogP contribution in [-0.4, -0.2) is 21.1 Å². The molecule has 2 heterocycles. The number of benzene rings is 1. The number of primary amides is 1. The number of aromatic nitrogens is 2. The third kappa shape index (κ3) is 3.02. The normalized spacial score (nSPS) is 27.2. The maximum absolute atomic E-state index is 15.3. The van der Waals surface area contributed by atoms with Gasteiger partial charge in [0.1, 0.15) is 11.5 Å². The van der Waals surface area contributed by atoms with Crippen LogP contribution in [-0.2, 0) is 4.79 Å². The summed E-state index contributed by atoms with van der Waals surface area (Å²) in [6.07, 6.45) is 6.96. The molecule has 138 valence electrons. The third-order valence-corrected chi connectivity index (χ3v) is 6.02. The van der Waals surface area contributed by atoms with E-state index in [0.29, 0.717) is 50.5 Å². The lowest BCUT2D eigenvalue weighted by atomic mass is 9.76. The van der Waals surface area contributed by atoms with Gasteiger partial charge in [0.05, 0.1) is 24.3 Å². The Hall–Kier alpha value is -2.24. The van der Waals surface area contributed by atoms with Gasteiger partial charge in [-0.2, -0.15) is 0 Å². The van der Waals surface area contributed by atoms with Gasteiger partial charge < -0.3 is 10.3 Å². The van der Waals surface area contributed by atoms with E-state index in [1.807, 2.05) is 10.6 Å². The molecule has 2 aliphatic rings. The summed E-state index contributed by atoms with van der Waals surface area (Å²) in [7, 11) is 0. The van der Waals surface area contributed by atoms with Crippen LogP contribution < -0.4 is 5.73 Å². The average Bonchev–Trinajstić information content (AvgIpc) is 3.17. The number of amides is 1. The smallest absolute Gasteiger partial charge is 0.217 e. The maximum Gasteiger partial charge on any atom is 0.217 e. The van der Waals surface area contributed by atoms with Crippen LogP contribution in [0.4, 0.5) is 8.78 Å². The molecule has 1 aromatic carbocycles. The van der Waals surface area contributed by atoms with Crippen molar-refractivity contribution in [2.24, 2.45) is 11.7 Å². The summed E-state index contributed by atoms with van der Waals surface area (Å²) in [5.74, 6) is -0.359. The van der Waals surface area contributed by atoms with Crippen molar-refractivity contribution in [1.82, 2.24) is 9.55 Å². The van der Waals surface area contributed by atoms with Gasteiger partial charge in [-0.3, -0.25) is 4.79 Å². The summed E-state index contributed by atoms with van der Waals surface area (Å²) in [5, 5.41) is 0. The molecule has 0 unspecified atom stereocenters. The van der Waals surface area contributed by atoms with Crippen molar-refractivity contribution in [3.8, 4) is 11.3 Å². The van der Waals surface area contributed by atoms with Gasteiger partial charge in [0.15, 0.2) is 0 Å². The van der Waals surface area contributed by atoms with Crippen LogP contribution in [0.3, 0.4) is 0 Å². The minimum atomic E-state index is -1.25. The van der Waals surface area contributed by atoms with Crippen LogP contribution in [0.5, 0.6) is 0 Å².